The first-order chi connectivity index (χ1) is 8.65. The lowest BCUT2D eigenvalue weighted by atomic mass is 10.1. The highest BCUT2D eigenvalue weighted by atomic mass is 32.2. The molecular formula is C14H21N3S. The maximum atomic E-state index is 4.75. The molecule has 2 rings (SSSR count). The van der Waals surface area contributed by atoms with Crippen LogP contribution in [0.4, 0.5) is 0 Å². The molecule has 1 aromatic heterocycles. The van der Waals surface area contributed by atoms with E-state index >= 15 is 0 Å². The SMILES string of the molecule is CC(C)CC1CSC(NC(C)c2ccncc2)=N1. The molecule has 2 atom stereocenters. The molecule has 98 valence electrons. The Hall–Kier alpha value is -1.03. The summed E-state index contributed by atoms with van der Waals surface area (Å²) in [5.41, 5.74) is 1.25. The normalized spacial score (nSPS) is 20.9. The second-order valence-electron chi connectivity index (χ2n) is 5.18. The molecule has 1 aromatic rings. The molecule has 0 radical (unpaired) electrons. The van der Waals surface area contributed by atoms with Crippen molar-refractivity contribution in [2.45, 2.75) is 39.3 Å². The van der Waals surface area contributed by atoms with Gasteiger partial charge in [0.15, 0.2) is 5.17 Å². The Kier molecular flexibility index (Phi) is 4.64. The standard InChI is InChI=1S/C14H21N3S/c1-10(2)8-13-9-18-14(17-13)16-11(3)12-4-6-15-7-5-12/h4-7,10-11,13H,8-9H2,1-3H3,(H,16,17). The van der Waals surface area contributed by atoms with Crippen molar-refractivity contribution in [2.75, 3.05) is 5.75 Å². The van der Waals surface area contributed by atoms with Crippen molar-refractivity contribution < 1.29 is 0 Å². The number of aliphatic imine (C=N–C) groups is 1. The minimum absolute atomic E-state index is 0.289. The van der Waals surface area contributed by atoms with E-state index in [0.29, 0.717) is 6.04 Å². The first-order valence-corrected chi connectivity index (χ1v) is 7.50. The summed E-state index contributed by atoms with van der Waals surface area (Å²) in [6, 6.07) is 4.87. The minimum Gasteiger partial charge on any atom is -0.358 e. The lowest BCUT2D eigenvalue weighted by Crippen LogP contribution is -2.23. The number of nitrogens with one attached hydrogen (secondary N) is 1. The van der Waals surface area contributed by atoms with Gasteiger partial charge in [0.05, 0.1) is 12.1 Å². The molecule has 0 spiro atoms. The van der Waals surface area contributed by atoms with Crippen LogP contribution in [0, 0.1) is 5.92 Å². The molecule has 0 aromatic carbocycles. The molecule has 1 aliphatic rings. The lowest BCUT2D eigenvalue weighted by Gasteiger charge is -2.14. The third-order valence-corrected chi connectivity index (χ3v) is 4.05. The van der Waals surface area contributed by atoms with Gasteiger partial charge < -0.3 is 5.32 Å². The van der Waals surface area contributed by atoms with Crippen molar-refractivity contribution in [3.8, 4) is 0 Å². The van der Waals surface area contributed by atoms with Crippen LogP contribution in [0.1, 0.15) is 38.8 Å². The second kappa shape index (κ2) is 6.23. The maximum absolute atomic E-state index is 4.75. The molecule has 0 bridgehead atoms. The molecule has 2 unspecified atom stereocenters. The summed E-state index contributed by atoms with van der Waals surface area (Å²) < 4.78 is 0. The van der Waals surface area contributed by atoms with Crippen molar-refractivity contribution in [1.82, 2.24) is 10.3 Å². The lowest BCUT2D eigenvalue weighted by molar-refractivity contribution is 0.528. The van der Waals surface area contributed by atoms with Crippen LogP contribution in [0.5, 0.6) is 0 Å². The highest BCUT2D eigenvalue weighted by Gasteiger charge is 2.20. The molecule has 4 heteroatoms. The summed E-state index contributed by atoms with van der Waals surface area (Å²) in [5.74, 6) is 1.83. The number of hydrogen-bond acceptors (Lipinski definition) is 4. The van der Waals surface area contributed by atoms with Gasteiger partial charge in [-0.1, -0.05) is 25.6 Å². The van der Waals surface area contributed by atoms with E-state index in [1.165, 1.54) is 12.0 Å². The number of amidine groups is 1. The van der Waals surface area contributed by atoms with E-state index < -0.39 is 0 Å². The zero-order valence-electron chi connectivity index (χ0n) is 11.3. The molecule has 0 saturated carbocycles. The Morgan fingerprint density at radius 1 is 1.33 bits per heavy atom. The smallest absolute Gasteiger partial charge is 0.157 e. The summed E-state index contributed by atoms with van der Waals surface area (Å²) in [5, 5.41) is 4.57. The number of thioether (sulfide) groups is 1. The molecule has 2 heterocycles. The Morgan fingerprint density at radius 2 is 2.06 bits per heavy atom. The van der Waals surface area contributed by atoms with Gasteiger partial charge in [-0.2, -0.15) is 0 Å². The Bertz CT molecular complexity index is 403. The highest BCUT2D eigenvalue weighted by molar-refractivity contribution is 8.14. The van der Waals surface area contributed by atoms with Crippen LogP contribution < -0.4 is 5.32 Å². The monoisotopic (exact) mass is 263 g/mol. The number of rotatable bonds is 4. The second-order valence-corrected chi connectivity index (χ2v) is 6.18. The third kappa shape index (κ3) is 3.73. The van der Waals surface area contributed by atoms with E-state index in [-0.39, 0.29) is 6.04 Å². The summed E-state index contributed by atoms with van der Waals surface area (Å²) >= 11 is 1.84. The van der Waals surface area contributed by atoms with Crippen molar-refractivity contribution >= 4 is 16.9 Å². The molecule has 0 aliphatic carbocycles. The average molecular weight is 263 g/mol. The van der Waals surface area contributed by atoms with Gasteiger partial charge in [0.1, 0.15) is 0 Å². The molecule has 3 nitrogen and oxygen atoms in total. The van der Waals surface area contributed by atoms with Crippen molar-refractivity contribution in [3.63, 3.8) is 0 Å². The van der Waals surface area contributed by atoms with Gasteiger partial charge in [0.2, 0.25) is 0 Å². The summed E-state index contributed by atoms with van der Waals surface area (Å²) in [6.07, 6.45) is 4.85. The van der Waals surface area contributed by atoms with E-state index in [0.717, 1.165) is 16.8 Å². The van der Waals surface area contributed by atoms with Gasteiger partial charge in [0.25, 0.3) is 0 Å². The van der Waals surface area contributed by atoms with Crippen LogP contribution in [0.2, 0.25) is 0 Å². The largest absolute Gasteiger partial charge is 0.358 e. The van der Waals surface area contributed by atoms with E-state index in [1.54, 1.807) is 0 Å². The average Bonchev–Trinajstić information content (AvgIpc) is 2.76. The Morgan fingerprint density at radius 3 is 2.72 bits per heavy atom. The minimum atomic E-state index is 0.289. The number of aromatic nitrogens is 1. The Balaban J connectivity index is 1.91. The zero-order valence-corrected chi connectivity index (χ0v) is 12.1. The van der Waals surface area contributed by atoms with Gasteiger partial charge in [-0.15, -0.1) is 0 Å². The molecule has 0 fully saturated rings. The molecule has 1 aliphatic heterocycles. The predicted molar refractivity (Wildman–Crippen MR) is 78.9 cm³/mol. The molecule has 0 amide bonds. The van der Waals surface area contributed by atoms with E-state index in [2.05, 4.69) is 31.1 Å². The van der Waals surface area contributed by atoms with Gasteiger partial charge in [-0.25, -0.2) is 0 Å². The van der Waals surface area contributed by atoms with E-state index in [1.807, 2.05) is 36.3 Å². The van der Waals surface area contributed by atoms with Gasteiger partial charge >= 0.3 is 0 Å². The fraction of sp³-hybridized carbons (Fsp3) is 0.571. The topological polar surface area (TPSA) is 37.3 Å². The molecule has 0 saturated heterocycles. The van der Waals surface area contributed by atoms with Gasteiger partial charge in [0, 0.05) is 18.1 Å². The fourth-order valence-corrected chi connectivity index (χ4v) is 3.12. The van der Waals surface area contributed by atoms with Crippen molar-refractivity contribution in [3.05, 3.63) is 30.1 Å². The first kappa shape index (κ1) is 13.4. The number of nitrogens with zero attached hydrogens (tertiary/aromatic N) is 2. The van der Waals surface area contributed by atoms with E-state index in [4.69, 9.17) is 4.99 Å². The van der Waals surface area contributed by atoms with Crippen LogP contribution in [-0.2, 0) is 0 Å². The predicted octanol–water partition coefficient (Wildman–Crippen LogP) is 3.25. The Labute approximate surface area is 113 Å². The molecule has 1 N–H and O–H groups in total. The van der Waals surface area contributed by atoms with Gasteiger partial charge in [-0.05, 0) is 37.0 Å². The first-order valence-electron chi connectivity index (χ1n) is 6.52. The van der Waals surface area contributed by atoms with Crippen molar-refractivity contribution in [1.29, 1.82) is 0 Å². The van der Waals surface area contributed by atoms with Crippen LogP contribution in [0.25, 0.3) is 0 Å². The van der Waals surface area contributed by atoms with Crippen LogP contribution in [-0.4, -0.2) is 21.9 Å². The number of pyridine rings is 1. The zero-order chi connectivity index (χ0) is 13.0. The van der Waals surface area contributed by atoms with Gasteiger partial charge in [-0.3, -0.25) is 9.98 Å². The van der Waals surface area contributed by atoms with E-state index in [9.17, 15) is 0 Å². The van der Waals surface area contributed by atoms with Crippen LogP contribution in [0.15, 0.2) is 29.5 Å². The third-order valence-electron chi connectivity index (χ3n) is 3.00. The summed E-state index contributed by atoms with van der Waals surface area (Å²) in [7, 11) is 0. The fourth-order valence-electron chi connectivity index (χ4n) is 2.08. The molecule has 18 heavy (non-hydrogen) atoms. The maximum Gasteiger partial charge on any atom is 0.157 e. The van der Waals surface area contributed by atoms with Crippen LogP contribution in [0.3, 0.4) is 0 Å². The quantitative estimate of drug-likeness (QED) is 0.906. The van der Waals surface area contributed by atoms with Crippen molar-refractivity contribution in [2.24, 2.45) is 10.9 Å². The summed E-state index contributed by atoms with van der Waals surface area (Å²) in [6.45, 7) is 6.67. The highest BCUT2D eigenvalue weighted by Crippen LogP contribution is 2.23. The molecular weight excluding hydrogens is 242 g/mol. The number of hydrogen-bond donors (Lipinski definition) is 1. The summed E-state index contributed by atoms with van der Waals surface area (Å²) in [4.78, 5) is 8.79. The van der Waals surface area contributed by atoms with Crippen LogP contribution >= 0.6 is 11.8 Å².